The van der Waals surface area contributed by atoms with Crippen molar-refractivity contribution in [2.75, 3.05) is 6.61 Å². The van der Waals surface area contributed by atoms with Crippen LogP contribution < -0.4 is 0 Å². The van der Waals surface area contributed by atoms with Gasteiger partial charge in [-0.05, 0) is 29.8 Å². The Bertz CT molecular complexity index is 843. The molecule has 1 aromatic heterocycles. The van der Waals surface area contributed by atoms with Crippen LogP contribution in [-0.4, -0.2) is 21.4 Å². The van der Waals surface area contributed by atoms with Crippen LogP contribution in [0.1, 0.15) is 5.56 Å². The van der Waals surface area contributed by atoms with Crippen molar-refractivity contribution in [1.29, 1.82) is 0 Å². The molecule has 0 aliphatic carbocycles. The van der Waals surface area contributed by atoms with Gasteiger partial charge < -0.3 is 4.74 Å². The van der Waals surface area contributed by atoms with E-state index in [1.54, 1.807) is 16.8 Å². The largest absolute Gasteiger partial charge is 0.362 e. The van der Waals surface area contributed by atoms with Crippen molar-refractivity contribution < 1.29 is 9.13 Å². The zero-order valence-corrected chi connectivity index (χ0v) is 12.9. The van der Waals surface area contributed by atoms with Gasteiger partial charge >= 0.3 is 0 Å². The lowest BCUT2D eigenvalue weighted by Crippen LogP contribution is -2.19. The van der Waals surface area contributed by atoms with Gasteiger partial charge in [0.25, 0.3) is 0 Å². The molecule has 0 saturated carbocycles. The van der Waals surface area contributed by atoms with Crippen LogP contribution in [-0.2, 0) is 16.9 Å². The van der Waals surface area contributed by atoms with Gasteiger partial charge in [-0.2, -0.15) is 5.10 Å². The minimum atomic E-state index is -0.475. The van der Waals surface area contributed by atoms with Crippen LogP contribution in [0.4, 0.5) is 4.39 Å². The van der Waals surface area contributed by atoms with Gasteiger partial charge in [0.1, 0.15) is 17.7 Å². The summed E-state index contributed by atoms with van der Waals surface area (Å²) < 4.78 is 20.6. The van der Waals surface area contributed by atoms with E-state index in [0.717, 1.165) is 11.1 Å². The Labute approximate surface area is 137 Å². The summed E-state index contributed by atoms with van der Waals surface area (Å²) in [5, 5.41) is 4.91. The number of halogens is 2. The zero-order chi connectivity index (χ0) is 15.9. The van der Waals surface area contributed by atoms with Crippen molar-refractivity contribution in [3.05, 3.63) is 71.3 Å². The van der Waals surface area contributed by atoms with E-state index >= 15 is 0 Å². The van der Waals surface area contributed by atoms with E-state index in [1.165, 1.54) is 18.5 Å². The number of benzene rings is 2. The maximum Gasteiger partial charge on any atom is 0.159 e. The second-order valence-corrected chi connectivity index (χ2v) is 5.92. The predicted octanol–water partition coefficient (Wildman–Crippen LogP) is 3.66. The van der Waals surface area contributed by atoms with E-state index in [2.05, 4.69) is 10.1 Å². The average Bonchev–Trinajstić information content (AvgIpc) is 3.19. The minimum absolute atomic E-state index is 0.262. The first-order valence-corrected chi connectivity index (χ1v) is 7.58. The molecule has 1 fully saturated rings. The fourth-order valence-electron chi connectivity index (χ4n) is 2.66. The second kappa shape index (κ2) is 5.44. The van der Waals surface area contributed by atoms with Crippen LogP contribution in [0.15, 0.2) is 54.9 Å². The van der Waals surface area contributed by atoms with E-state index in [-0.39, 0.29) is 5.82 Å². The number of rotatable bonds is 4. The quantitative estimate of drug-likeness (QED) is 0.686. The Balaban J connectivity index is 1.67. The highest BCUT2D eigenvalue weighted by Gasteiger charge is 2.47. The molecule has 0 spiro atoms. The summed E-state index contributed by atoms with van der Waals surface area (Å²) >= 11 is 6.25. The van der Waals surface area contributed by atoms with Gasteiger partial charge in [0.15, 0.2) is 5.82 Å². The molecule has 1 unspecified atom stereocenters. The lowest BCUT2D eigenvalue weighted by atomic mass is 10.00. The molecule has 0 amide bonds. The third kappa shape index (κ3) is 2.62. The smallest absolute Gasteiger partial charge is 0.159 e. The van der Waals surface area contributed by atoms with Crippen molar-refractivity contribution in [3.8, 4) is 11.4 Å². The first-order chi connectivity index (χ1) is 11.2. The van der Waals surface area contributed by atoms with Crippen LogP contribution in [0.25, 0.3) is 11.4 Å². The highest BCUT2D eigenvalue weighted by molar-refractivity contribution is 6.33. The Hall–Kier alpha value is -2.24. The minimum Gasteiger partial charge on any atom is -0.362 e. The molecule has 2 heterocycles. The highest BCUT2D eigenvalue weighted by atomic mass is 35.5. The van der Waals surface area contributed by atoms with Crippen LogP contribution in [0, 0.1) is 5.82 Å². The summed E-state index contributed by atoms with van der Waals surface area (Å²) in [6, 6.07) is 13.9. The van der Waals surface area contributed by atoms with Crippen molar-refractivity contribution in [2.45, 2.75) is 12.1 Å². The number of hydrogen-bond acceptors (Lipinski definition) is 3. The van der Waals surface area contributed by atoms with E-state index in [4.69, 9.17) is 16.3 Å². The molecule has 23 heavy (non-hydrogen) atoms. The summed E-state index contributed by atoms with van der Waals surface area (Å²) in [6.45, 7) is 1.07. The molecule has 0 bridgehead atoms. The number of ether oxygens (including phenoxy) is 1. The van der Waals surface area contributed by atoms with Gasteiger partial charge in [-0.1, -0.05) is 35.9 Å². The van der Waals surface area contributed by atoms with E-state index in [0.29, 0.717) is 24.0 Å². The van der Waals surface area contributed by atoms with Crippen molar-refractivity contribution in [1.82, 2.24) is 14.8 Å². The maximum absolute atomic E-state index is 13.1. The lowest BCUT2D eigenvalue weighted by Gasteiger charge is -2.14. The molecule has 1 saturated heterocycles. The molecule has 0 N–H and O–H groups in total. The van der Waals surface area contributed by atoms with Gasteiger partial charge in [-0.25, -0.2) is 14.1 Å². The monoisotopic (exact) mass is 329 g/mol. The first-order valence-electron chi connectivity index (χ1n) is 7.21. The number of nitrogens with zero attached hydrogens (tertiary/aromatic N) is 3. The Kier molecular flexibility index (Phi) is 3.39. The summed E-state index contributed by atoms with van der Waals surface area (Å²) in [5.41, 5.74) is 1.28. The van der Waals surface area contributed by atoms with Crippen molar-refractivity contribution in [2.24, 2.45) is 0 Å². The van der Waals surface area contributed by atoms with Crippen LogP contribution in [0.2, 0.25) is 5.02 Å². The topological polar surface area (TPSA) is 43.2 Å². The number of epoxide rings is 1. The fraction of sp³-hybridized carbons (Fsp3) is 0.176. The summed E-state index contributed by atoms with van der Waals surface area (Å²) in [7, 11) is 0. The molecular weight excluding hydrogens is 317 g/mol. The van der Waals surface area contributed by atoms with Crippen LogP contribution >= 0.6 is 11.6 Å². The Morgan fingerprint density at radius 1 is 1.17 bits per heavy atom. The highest BCUT2D eigenvalue weighted by Crippen LogP contribution is 2.41. The third-order valence-corrected chi connectivity index (χ3v) is 4.33. The van der Waals surface area contributed by atoms with E-state index < -0.39 is 5.60 Å². The molecule has 2 aromatic carbocycles. The summed E-state index contributed by atoms with van der Waals surface area (Å²) in [6.07, 6.45) is 1.50. The van der Waals surface area contributed by atoms with Gasteiger partial charge in [-0.15, -0.1) is 0 Å². The molecule has 3 aromatic rings. The molecule has 1 aliphatic rings. The number of aromatic nitrogens is 3. The molecule has 0 radical (unpaired) electrons. The van der Waals surface area contributed by atoms with Crippen molar-refractivity contribution >= 4 is 11.6 Å². The van der Waals surface area contributed by atoms with Crippen molar-refractivity contribution in [3.63, 3.8) is 0 Å². The predicted molar refractivity (Wildman–Crippen MR) is 84.5 cm³/mol. The first kappa shape index (κ1) is 14.4. The maximum atomic E-state index is 13.1. The van der Waals surface area contributed by atoms with E-state index in [9.17, 15) is 4.39 Å². The molecule has 4 rings (SSSR count). The van der Waals surface area contributed by atoms with Crippen LogP contribution in [0.3, 0.4) is 0 Å². The SMILES string of the molecule is Fc1ccc(C2(Cn3ncnc3-c3ccccc3Cl)CO2)cc1. The van der Waals surface area contributed by atoms with Gasteiger partial charge in [0.05, 0.1) is 18.2 Å². The summed E-state index contributed by atoms with van der Waals surface area (Å²) in [5.74, 6) is 0.426. The summed E-state index contributed by atoms with van der Waals surface area (Å²) in [4.78, 5) is 4.32. The Morgan fingerprint density at radius 3 is 2.61 bits per heavy atom. The van der Waals surface area contributed by atoms with Gasteiger partial charge in [0.2, 0.25) is 0 Å². The third-order valence-electron chi connectivity index (χ3n) is 4.00. The average molecular weight is 330 g/mol. The molecular formula is C17H13ClFN3O. The Morgan fingerprint density at radius 2 is 1.91 bits per heavy atom. The standard InChI is InChI=1S/C17H13ClFN3O/c18-15-4-2-1-3-14(15)16-20-11-21-22(16)9-17(10-23-17)12-5-7-13(19)8-6-12/h1-8,11H,9-10H2. The normalized spacial score (nSPS) is 19.7. The van der Waals surface area contributed by atoms with Crippen LogP contribution in [0.5, 0.6) is 0 Å². The zero-order valence-electron chi connectivity index (χ0n) is 12.1. The molecule has 1 aliphatic heterocycles. The van der Waals surface area contributed by atoms with Gasteiger partial charge in [-0.3, -0.25) is 0 Å². The fourth-order valence-corrected chi connectivity index (χ4v) is 2.88. The van der Waals surface area contributed by atoms with Gasteiger partial charge in [0, 0.05) is 5.56 Å². The van der Waals surface area contributed by atoms with E-state index in [1.807, 2.05) is 24.3 Å². The molecule has 6 heteroatoms. The molecule has 1 atom stereocenters. The lowest BCUT2D eigenvalue weighted by molar-refractivity contribution is 0.270. The second-order valence-electron chi connectivity index (χ2n) is 5.51. The number of hydrogen-bond donors (Lipinski definition) is 0. The molecule has 4 nitrogen and oxygen atoms in total. The molecule has 116 valence electrons.